The molecule has 0 unspecified atom stereocenters. The van der Waals surface area contributed by atoms with Crippen LogP contribution in [0, 0.1) is 6.92 Å². The lowest BCUT2D eigenvalue weighted by Gasteiger charge is -1.97. The normalized spacial score (nSPS) is 10.9. The lowest BCUT2D eigenvalue weighted by Crippen LogP contribution is -1.71. The van der Waals surface area contributed by atoms with Crippen molar-refractivity contribution in [2.45, 2.75) is 6.92 Å². The molecule has 0 aliphatic heterocycles. The number of aryl methyl sites for hydroxylation is 1. The predicted octanol–water partition coefficient (Wildman–Crippen LogP) is 5.17. The summed E-state index contributed by atoms with van der Waals surface area (Å²) in [5, 5.41) is 8.40. The zero-order valence-electron chi connectivity index (χ0n) is 8.89. The van der Waals surface area contributed by atoms with Gasteiger partial charge in [-0.15, -0.1) is 0 Å². The number of benzene rings is 2. The molecule has 2 rings (SSSR count). The molecule has 0 saturated heterocycles. The highest BCUT2D eigenvalue weighted by Gasteiger charge is 1.94. The Bertz CT molecular complexity index is 504. The Kier molecular flexibility index (Phi) is 3.47. The van der Waals surface area contributed by atoms with Gasteiger partial charge in [-0.25, -0.2) is 0 Å². The highest BCUT2D eigenvalue weighted by atomic mass is 79.9. The Balaban J connectivity index is 2.21. The molecule has 0 radical (unpaired) electrons. The first-order chi connectivity index (χ1) is 7.75. The number of azo groups is 1. The lowest BCUT2D eigenvalue weighted by atomic mass is 10.2. The summed E-state index contributed by atoms with van der Waals surface area (Å²) in [7, 11) is 0. The summed E-state index contributed by atoms with van der Waals surface area (Å²) >= 11 is 3.38. The molecule has 0 amide bonds. The summed E-state index contributed by atoms with van der Waals surface area (Å²) in [6.07, 6.45) is 0. The summed E-state index contributed by atoms with van der Waals surface area (Å²) in [4.78, 5) is 0. The first-order valence-corrected chi connectivity index (χ1v) is 5.78. The lowest BCUT2D eigenvalue weighted by molar-refractivity contribution is 1.21. The van der Waals surface area contributed by atoms with Crippen LogP contribution in [0.5, 0.6) is 0 Å². The fraction of sp³-hybridized carbons (Fsp3) is 0.0769. The minimum absolute atomic E-state index is 0.853. The highest BCUT2D eigenvalue weighted by Crippen LogP contribution is 2.22. The third kappa shape index (κ3) is 2.76. The summed E-state index contributed by atoms with van der Waals surface area (Å²) < 4.78 is 1.04. The Morgan fingerprint density at radius 2 is 1.56 bits per heavy atom. The van der Waals surface area contributed by atoms with Crippen LogP contribution in [0.2, 0.25) is 0 Å². The van der Waals surface area contributed by atoms with Crippen molar-refractivity contribution in [1.29, 1.82) is 0 Å². The van der Waals surface area contributed by atoms with Crippen LogP contribution in [0.3, 0.4) is 0 Å². The van der Waals surface area contributed by atoms with Crippen LogP contribution in [-0.4, -0.2) is 0 Å². The summed E-state index contributed by atoms with van der Waals surface area (Å²) in [5.74, 6) is 0. The number of hydrogen-bond donors (Lipinski definition) is 0. The molecule has 0 N–H and O–H groups in total. The van der Waals surface area contributed by atoms with E-state index in [0.29, 0.717) is 0 Å². The maximum atomic E-state index is 4.22. The van der Waals surface area contributed by atoms with Crippen molar-refractivity contribution in [3.8, 4) is 0 Å². The zero-order chi connectivity index (χ0) is 11.4. The molecule has 0 aliphatic rings. The van der Waals surface area contributed by atoms with E-state index in [1.807, 2.05) is 55.5 Å². The van der Waals surface area contributed by atoms with Gasteiger partial charge in [0.05, 0.1) is 11.4 Å². The van der Waals surface area contributed by atoms with Gasteiger partial charge in [0.2, 0.25) is 0 Å². The van der Waals surface area contributed by atoms with E-state index >= 15 is 0 Å². The zero-order valence-corrected chi connectivity index (χ0v) is 10.5. The topological polar surface area (TPSA) is 24.7 Å². The van der Waals surface area contributed by atoms with Gasteiger partial charge in [-0.3, -0.25) is 0 Å². The minimum Gasteiger partial charge on any atom is -0.151 e. The van der Waals surface area contributed by atoms with Gasteiger partial charge in [0.25, 0.3) is 0 Å². The van der Waals surface area contributed by atoms with Crippen molar-refractivity contribution in [3.05, 3.63) is 58.6 Å². The van der Waals surface area contributed by atoms with E-state index in [1.165, 1.54) is 0 Å². The maximum absolute atomic E-state index is 4.22. The summed E-state index contributed by atoms with van der Waals surface area (Å²) in [6, 6.07) is 15.7. The van der Waals surface area contributed by atoms with Crippen molar-refractivity contribution in [2.75, 3.05) is 0 Å². The van der Waals surface area contributed by atoms with Gasteiger partial charge < -0.3 is 0 Å². The van der Waals surface area contributed by atoms with E-state index in [1.54, 1.807) is 0 Å². The van der Waals surface area contributed by atoms with Crippen molar-refractivity contribution in [3.63, 3.8) is 0 Å². The average Bonchev–Trinajstić information content (AvgIpc) is 2.30. The van der Waals surface area contributed by atoms with Gasteiger partial charge in [-0.05, 0) is 42.8 Å². The smallest absolute Gasteiger partial charge is 0.0886 e. The Hall–Kier alpha value is -1.48. The summed E-state index contributed by atoms with van der Waals surface area (Å²) in [5.41, 5.74) is 2.89. The molecule has 0 aromatic heterocycles. The van der Waals surface area contributed by atoms with Crippen molar-refractivity contribution >= 4 is 27.3 Å². The van der Waals surface area contributed by atoms with Crippen molar-refractivity contribution in [2.24, 2.45) is 10.2 Å². The quantitative estimate of drug-likeness (QED) is 0.675. The molecule has 0 fully saturated rings. The van der Waals surface area contributed by atoms with Gasteiger partial charge in [0.1, 0.15) is 0 Å². The predicted molar refractivity (Wildman–Crippen MR) is 69.5 cm³/mol. The molecule has 0 atom stereocenters. The van der Waals surface area contributed by atoms with E-state index in [-0.39, 0.29) is 0 Å². The molecule has 0 saturated carbocycles. The molecule has 2 nitrogen and oxygen atoms in total. The molecular weight excluding hydrogens is 264 g/mol. The van der Waals surface area contributed by atoms with E-state index in [9.17, 15) is 0 Å². The van der Waals surface area contributed by atoms with Gasteiger partial charge >= 0.3 is 0 Å². The van der Waals surface area contributed by atoms with Crippen LogP contribution in [-0.2, 0) is 0 Å². The van der Waals surface area contributed by atoms with Crippen LogP contribution in [0.15, 0.2) is 63.2 Å². The fourth-order valence-corrected chi connectivity index (χ4v) is 1.56. The number of nitrogens with zero attached hydrogens (tertiary/aromatic N) is 2. The van der Waals surface area contributed by atoms with E-state index < -0.39 is 0 Å². The Morgan fingerprint density at radius 1 is 0.875 bits per heavy atom. The molecule has 0 bridgehead atoms. The molecule has 2 aromatic carbocycles. The van der Waals surface area contributed by atoms with Crippen molar-refractivity contribution < 1.29 is 0 Å². The second-order valence-electron chi connectivity index (χ2n) is 3.46. The van der Waals surface area contributed by atoms with Gasteiger partial charge in [-0.2, -0.15) is 10.2 Å². The van der Waals surface area contributed by atoms with Crippen LogP contribution < -0.4 is 0 Å². The van der Waals surface area contributed by atoms with Crippen LogP contribution in [0.25, 0.3) is 0 Å². The molecule has 0 spiro atoms. The third-order valence-corrected chi connectivity index (χ3v) is 2.74. The Labute approximate surface area is 103 Å². The van der Waals surface area contributed by atoms with E-state index in [4.69, 9.17) is 0 Å². The first kappa shape index (κ1) is 11.0. The molecule has 80 valence electrons. The standard InChI is InChI=1S/C13H11BrN2/c1-10-4-2-3-5-13(10)16-15-12-8-6-11(14)7-9-12/h2-9H,1H3. The van der Waals surface area contributed by atoms with Gasteiger partial charge in [0.15, 0.2) is 0 Å². The highest BCUT2D eigenvalue weighted by molar-refractivity contribution is 9.10. The second-order valence-corrected chi connectivity index (χ2v) is 4.38. The van der Waals surface area contributed by atoms with Crippen molar-refractivity contribution in [1.82, 2.24) is 0 Å². The SMILES string of the molecule is Cc1ccccc1N=Nc1ccc(Br)cc1. The molecule has 0 heterocycles. The largest absolute Gasteiger partial charge is 0.151 e. The second kappa shape index (κ2) is 5.03. The summed E-state index contributed by atoms with van der Waals surface area (Å²) in [6.45, 7) is 2.02. The van der Waals surface area contributed by atoms with Crippen LogP contribution in [0.4, 0.5) is 11.4 Å². The molecule has 2 aromatic rings. The van der Waals surface area contributed by atoms with Crippen LogP contribution in [0.1, 0.15) is 5.56 Å². The maximum Gasteiger partial charge on any atom is 0.0886 e. The molecule has 3 heteroatoms. The molecule has 16 heavy (non-hydrogen) atoms. The monoisotopic (exact) mass is 274 g/mol. The number of hydrogen-bond acceptors (Lipinski definition) is 2. The fourth-order valence-electron chi connectivity index (χ4n) is 1.29. The van der Waals surface area contributed by atoms with Crippen LogP contribution >= 0.6 is 15.9 Å². The Morgan fingerprint density at radius 3 is 2.25 bits per heavy atom. The first-order valence-electron chi connectivity index (χ1n) is 4.98. The average molecular weight is 275 g/mol. The molecule has 0 aliphatic carbocycles. The van der Waals surface area contributed by atoms with Gasteiger partial charge in [0, 0.05) is 4.47 Å². The van der Waals surface area contributed by atoms with Gasteiger partial charge in [-0.1, -0.05) is 34.1 Å². The van der Waals surface area contributed by atoms with E-state index in [2.05, 4.69) is 26.2 Å². The molecular formula is C13H11BrN2. The minimum atomic E-state index is 0.853. The third-order valence-electron chi connectivity index (χ3n) is 2.22. The number of halogens is 1. The number of rotatable bonds is 2. The van der Waals surface area contributed by atoms with E-state index in [0.717, 1.165) is 21.4 Å².